The largest absolute Gasteiger partial charge is 0.351 e. The zero-order valence-corrected chi connectivity index (χ0v) is 7.49. The van der Waals surface area contributed by atoms with E-state index in [0.717, 1.165) is 5.56 Å². The topological polar surface area (TPSA) is 9.29 Å². The van der Waals surface area contributed by atoms with Crippen LogP contribution in [0, 0.1) is 6.57 Å². The quantitative estimate of drug-likeness (QED) is 0.582. The van der Waals surface area contributed by atoms with Crippen LogP contribution in [0.3, 0.4) is 0 Å². The van der Waals surface area contributed by atoms with Gasteiger partial charge in [0, 0.05) is 29.7 Å². The average Bonchev–Trinajstić information content (AvgIpc) is 2.48. The van der Waals surface area contributed by atoms with Crippen molar-refractivity contribution in [2.24, 2.45) is 7.05 Å². The molecule has 0 aliphatic heterocycles. The predicted octanol–water partition coefficient (Wildman–Crippen LogP) is 2.60. The van der Waals surface area contributed by atoms with E-state index in [4.69, 9.17) is 6.57 Å². The number of fused-ring (bicyclic) bond motifs is 1. The molecule has 0 amide bonds. The minimum atomic E-state index is 0.477. The van der Waals surface area contributed by atoms with Crippen LogP contribution in [0.15, 0.2) is 30.5 Å². The smallest absolute Gasteiger partial charge is 0.239 e. The first-order chi connectivity index (χ1) is 6.31. The second-order valence-corrected chi connectivity index (χ2v) is 3.14. The van der Waals surface area contributed by atoms with E-state index in [1.54, 1.807) is 0 Å². The minimum Gasteiger partial charge on any atom is -0.351 e. The lowest BCUT2D eigenvalue weighted by molar-refractivity contribution is 0.969. The summed E-state index contributed by atoms with van der Waals surface area (Å²) in [6.07, 6.45) is 2.03. The van der Waals surface area contributed by atoms with E-state index in [2.05, 4.69) is 27.6 Å². The van der Waals surface area contributed by atoms with Crippen molar-refractivity contribution in [2.45, 2.75) is 6.54 Å². The highest BCUT2D eigenvalue weighted by atomic mass is 14.9. The molecule has 0 radical (unpaired) electrons. The normalized spacial score (nSPS) is 10.2. The molecule has 0 aliphatic carbocycles. The number of hydrogen-bond donors (Lipinski definition) is 0. The van der Waals surface area contributed by atoms with Crippen LogP contribution in [0.5, 0.6) is 0 Å². The van der Waals surface area contributed by atoms with Crippen molar-refractivity contribution in [1.82, 2.24) is 4.57 Å². The summed E-state index contributed by atoms with van der Waals surface area (Å²) in [7, 11) is 2.02. The molecule has 1 aromatic carbocycles. The third-order valence-electron chi connectivity index (χ3n) is 2.21. The molecule has 0 fully saturated rings. The van der Waals surface area contributed by atoms with Gasteiger partial charge in [-0.25, -0.2) is 6.57 Å². The summed E-state index contributed by atoms with van der Waals surface area (Å²) in [5.41, 5.74) is 2.31. The van der Waals surface area contributed by atoms with Crippen LogP contribution in [0.2, 0.25) is 0 Å². The highest BCUT2D eigenvalue weighted by Gasteiger charge is 2.00. The lowest BCUT2D eigenvalue weighted by Crippen LogP contribution is -1.84. The monoisotopic (exact) mass is 170 g/mol. The third kappa shape index (κ3) is 1.29. The molecule has 0 unspecified atom stereocenters. The zero-order chi connectivity index (χ0) is 9.26. The van der Waals surface area contributed by atoms with Crippen LogP contribution in [0.25, 0.3) is 15.7 Å². The predicted molar refractivity (Wildman–Crippen MR) is 53.2 cm³/mol. The first kappa shape index (κ1) is 7.88. The van der Waals surface area contributed by atoms with Crippen LogP contribution in [0.1, 0.15) is 5.56 Å². The molecule has 13 heavy (non-hydrogen) atoms. The van der Waals surface area contributed by atoms with Crippen LogP contribution in [-0.2, 0) is 13.6 Å². The molecule has 0 saturated heterocycles. The van der Waals surface area contributed by atoms with Gasteiger partial charge < -0.3 is 9.41 Å². The maximum absolute atomic E-state index is 6.77. The minimum absolute atomic E-state index is 0.477. The Morgan fingerprint density at radius 1 is 1.38 bits per heavy atom. The highest BCUT2D eigenvalue weighted by molar-refractivity contribution is 5.80. The van der Waals surface area contributed by atoms with Crippen LogP contribution >= 0.6 is 0 Å². The van der Waals surface area contributed by atoms with E-state index in [9.17, 15) is 0 Å². The summed E-state index contributed by atoms with van der Waals surface area (Å²) in [5.74, 6) is 0. The summed E-state index contributed by atoms with van der Waals surface area (Å²) >= 11 is 0. The zero-order valence-electron chi connectivity index (χ0n) is 7.49. The lowest BCUT2D eigenvalue weighted by Gasteiger charge is -1.96. The van der Waals surface area contributed by atoms with E-state index in [-0.39, 0.29) is 0 Å². The number of nitrogens with zero attached hydrogens (tertiary/aromatic N) is 2. The van der Waals surface area contributed by atoms with Crippen molar-refractivity contribution in [3.63, 3.8) is 0 Å². The number of hydrogen-bond acceptors (Lipinski definition) is 0. The number of rotatable bonds is 1. The van der Waals surface area contributed by atoms with Gasteiger partial charge in [-0.3, -0.25) is 0 Å². The molecule has 2 aromatic rings. The van der Waals surface area contributed by atoms with E-state index >= 15 is 0 Å². The van der Waals surface area contributed by atoms with Crippen LogP contribution in [0.4, 0.5) is 0 Å². The van der Waals surface area contributed by atoms with Crippen LogP contribution < -0.4 is 0 Å². The molecule has 2 nitrogen and oxygen atoms in total. The van der Waals surface area contributed by atoms with Crippen molar-refractivity contribution in [1.29, 1.82) is 0 Å². The number of aromatic nitrogens is 1. The Labute approximate surface area is 77.2 Å². The number of benzene rings is 1. The Morgan fingerprint density at radius 2 is 2.23 bits per heavy atom. The third-order valence-corrected chi connectivity index (χ3v) is 2.21. The Morgan fingerprint density at radius 3 is 3.00 bits per heavy atom. The van der Waals surface area contributed by atoms with Gasteiger partial charge >= 0.3 is 0 Å². The molecule has 0 aliphatic rings. The molecule has 1 aromatic heterocycles. The maximum Gasteiger partial charge on any atom is 0.239 e. The Hall–Kier alpha value is -1.75. The van der Waals surface area contributed by atoms with Gasteiger partial charge in [0.1, 0.15) is 0 Å². The fourth-order valence-corrected chi connectivity index (χ4v) is 1.52. The molecular weight excluding hydrogens is 160 g/mol. The van der Waals surface area contributed by atoms with Gasteiger partial charge in [-0.1, -0.05) is 0 Å². The fourth-order valence-electron chi connectivity index (χ4n) is 1.52. The second kappa shape index (κ2) is 2.95. The van der Waals surface area contributed by atoms with Crippen molar-refractivity contribution in [3.05, 3.63) is 47.4 Å². The Balaban J connectivity index is 2.58. The summed E-state index contributed by atoms with van der Waals surface area (Å²) < 4.78 is 2.08. The molecule has 1 heterocycles. The average molecular weight is 170 g/mol. The molecule has 64 valence electrons. The van der Waals surface area contributed by atoms with Crippen LogP contribution in [-0.4, -0.2) is 4.57 Å². The van der Waals surface area contributed by atoms with Crippen molar-refractivity contribution in [3.8, 4) is 0 Å². The molecule has 0 bridgehead atoms. The molecule has 0 spiro atoms. The summed E-state index contributed by atoms with van der Waals surface area (Å²) in [6, 6.07) is 8.23. The van der Waals surface area contributed by atoms with Crippen molar-refractivity contribution >= 4 is 10.9 Å². The SMILES string of the molecule is [C-]#[N+]Cc1ccc2c(ccn2C)c1. The van der Waals surface area contributed by atoms with E-state index in [1.165, 1.54) is 10.9 Å². The first-order valence-electron chi connectivity index (χ1n) is 4.18. The summed E-state index contributed by atoms with van der Waals surface area (Å²) in [6.45, 7) is 7.25. The van der Waals surface area contributed by atoms with Gasteiger partial charge in [0.25, 0.3) is 0 Å². The molecule has 0 N–H and O–H groups in total. The molecular formula is C11H10N2. The van der Waals surface area contributed by atoms with Gasteiger partial charge in [0.2, 0.25) is 6.54 Å². The fraction of sp³-hybridized carbons (Fsp3) is 0.182. The molecule has 2 rings (SSSR count). The molecule has 2 heteroatoms. The summed E-state index contributed by atoms with van der Waals surface area (Å²) in [5, 5.41) is 1.21. The number of aryl methyl sites for hydroxylation is 1. The van der Waals surface area contributed by atoms with Gasteiger partial charge in [-0.2, -0.15) is 0 Å². The van der Waals surface area contributed by atoms with Gasteiger partial charge in [-0.05, 0) is 24.3 Å². The molecule has 0 atom stereocenters. The lowest BCUT2D eigenvalue weighted by atomic mass is 10.1. The summed E-state index contributed by atoms with van der Waals surface area (Å²) in [4.78, 5) is 3.36. The van der Waals surface area contributed by atoms with E-state index in [0.29, 0.717) is 6.54 Å². The Bertz CT molecular complexity index is 474. The van der Waals surface area contributed by atoms with Crippen molar-refractivity contribution < 1.29 is 0 Å². The molecule has 0 saturated carbocycles. The standard InChI is InChI=1S/C11H10N2/c1-12-8-9-3-4-11-10(7-9)5-6-13(11)2/h3-7H,8H2,2H3. The van der Waals surface area contributed by atoms with E-state index in [1.807, 2.05) is 19.3 Å². The van der Waals surface area contributed by atoms with E-state index < -0.39 is 0 Å². The first-order valence-corrected chi connectivity index (χ1v) is 4.18. The van der Waals surface area contributed by atoms with Gasteiger partial charge in [-0.15, -0.1) is 0 Å². The van der Waals surface area contributed by atoms with Gasteiger partial charge in [0.15, 0.2) is 0 Å². The highest BCUT2D eigenvalue weighted by Crippen LogP contribution is 2.16. The Kier molecular flexibility index (Phi) is 1.79. The van der Waals surface area contributed by atoms with Gasteiger partial charge in [0.05, 0.1) is 0 Å². The second-order valence-electron chi connectivity index (χ2n) is 3.14. The maximum atomic E-state index is 6.77. The van der Waals surface area contributed by atoms with Crippen molar-refractivity contribution in [2.75, 3.05) is 0 Å².